The highest BCUT2D eigenvalue weighted by Crippen LogP contribution is 2.26. The second-order valence-electron chi connectivity index (χ2n) is 4.50. The summed E-state index contributed by atoms with van der Waals surface area (Å²) in [5.41, 5.74) is 0.591. The summed E-state index contributed by atoms with van der Waals surface area (Å²) < 4.78 is 25.4. The van der Waals surface area contributed by atoms with Gasteiger partial charge in [0.05, 0.1) is 10.5 Å². The topological polar surface area (TPSA) is 74.7 Å². The van der Waals surface area contributed by atoms with E-state index in [1.807, 2.05) is 13.8 Å². The first kappa shape index (κ1) is 14.7. The lowest BCUT2D eigenvalue weighted by atomic mass is 10.0. The molecular weight excluding hydrogens is 254 g/mol. The Balaban J connectivity index is 3.57. The molecular formula is C12H17NO4S. The number of benzene rings is 1. The van der Waals surface area contributed by atoms with Crippen LogP contribution >= 0.6 is 0 Å². The molecule has 0 saturated heterocycles. The molecule has 0 heterocycles. The molecule has 0 amide bonds. The Labute approximate surface area is 107 Å². The fraction of sp³-hybridized carbons (Fsp3) is 0.417. The van der Waals surface area contributed by atoms with Crippen LogP contribution in [-0.4, -0.2) is 37.9 Å². The lowest BCUT2D eigenvalue weighted by Crippen LogP contribution is -2.24. The minimum atomic E-state index is -3.64. The zero-order valence-electron chi connectivity index (χ0n) is 10.8. The fourth-order valence-electron chi connectivity index (χ4n) is 1.56. The number of rotatable bonds is 4. The molecule has 6 heteroatoms. The molecule has 100 valence electrons. The van der Waals surface area contributed by atoms with Gasteiger partial charge in [0, 0.05) is 14.1 Å². The molecule has 0 aliphatic heterocycles. The van der Waals surface area contributed by atoms with E-state index in [0.29, 0.717) is 5.56 Å². The predicted molar refractivity (Wildman–Crippen MR) is 68.4 cm³/mol. The molecule has 0 radical (unpaired) electrons. The average molecular weight is 271 g/mol. The van der Waals surface area contributed by atoms with Gasteiger partial charge in [-0.1, -0.05) is 19.9 Å². The van der Waals surface area contributed by atoms with Crippen molar-refractivity contribution in [3.63, 3.8) is 0 Å². The maximum atomic E-state index is 12.2. The van der Waals surface area contributed by atoms with Crippen LogP contribution in [0.15, 0.2) is 23.1 Å². The van der Waals surface area contributed by atoms with Crippen molar-refractivity contribution in [2.24, 2.45) is 0 Å². The number of carboxylic acid groups (broad SMARTS) is 1. The summed E-state index contributed by atoms with van der Waals surface area (Å²) in [6.07, 6.45) is 0. The van der Waals surface area contributed by atoms with Crippen molar-refractivity contribution >= 4 is 16.0 Å². The Bertz CT molecular complexity index is 561. The highest BCUT2D eigenvalue weighted by Gasteiger charge is 2.23. The first-order valence-corrected chi connectivity index (χ1v) is 6.91. The first-order valence-electron chi connectivity index (χ1n) is 5.47. The third-order valence-electron chi connectivity index (χ3n) is 2.64. The van der Waals surface area contributed by atoms with Crippen molar-refractivity contribution in [1.82, 2.24) is 4.31 Å². The molecule has 1 N–H and O–H groups in total. The van der Waals surface area contributed by atoms with E-state index in [2.05, 4.69) is 0 Å². The van der Waals surface area contributed by atoms with Gasteiger partial charge in [0.25, 0.3) is 0 Å². The summed E-state index contributed by atoms with van der Waals surface area (Å²) in [7, 11) is -0.792. The molecule has 0 aliphatic rings. The Kier molecular flexibility index (Phi) is 4.13. The van der Waals surface area contributed by atoms with Gasteiger partial charge in [0.1, 0.15) is 0 Å². The Hall–Kier alpha value is -1.40. The van der Waals surface area contributed by atoms with Gasteiger partial charge in [0.2, 0.25) is 10.0 Å². The van der Waals surface area contributed by atoms with Crippen LogP contribution in [0.5, 0.6) is 0 Å². The van der Waals surface area contributed by atoms with Crippen LogP contribution in [0.2, 0.25) is 0 Å². The molecule has 0 aromatic heterocycles. The van der Waals surface area contributed by atoms with Crippen molar-refractivity contribution < 1.29 is 18.3 Å². The van der Waals surface area contributed by atoms with E-state index in [1.165, 1.54) is 26.2 Å². The Morgan fingerprint density at radius 1 is 1.28 bits per heavy atom. The number of sulfonamides is 1. The summed E-state index contributed by atoms with van der Waals surface area (Å²) >= 11 is 0. The van der Waals surface area contributed by atoms with Gasteiger partial charge in [0.15, 0.2) is 0 Å². The van der Waals surface area contributed by atoms with E-state index in [1.54, 1.807) is 6.07 Å². The average Bonchev–Trinajstić information content (AvgIpc) is 2.27. The van der Waals surface area contributed by atoms with E-state index in [9.17, 15) is 13.2 Å². The molecule has 0 bridgehead atoms. The quantitative estimate of drug-likeness (QED) is 0.905. The SMILES string of the molecule is CC(C)c1ccc(C(=O)O)cc1S(=O)(=O)N(C)C. The Morgan fingerprint density at radius 2 is 1.83 bits per heavy atom. The highest BCUT2D eigenvalue weighted by molar-refractivity contribution is 7.89. The van der Waals surface area contributed by atoms with Gasteiger partial charge in [-0.3, -0.25) is 0 Å². The molecule has 0 spiro atoms. The number of hydrogen-bond donors (Lipinski definition) is 1. The molecule has 0 saturated carbocycles. The van der Waals surface area contributed by atoms with Crippen LogP contribution in [0.3, 0.4) is 0 Å². The first-order chi connectivity index (χ1) is 8.17. The van der Waals surface area contributed by atoms with Gasteiger partial charge in [-0.2, -0.15) is 0 Å². The molecule has 0 unspecified atom stereocenters. The predicted octanol–water partition coefficient (Wildman–Crippen LogP) is 1.76. The van der Waals surface area contributed by atoms with Crippen LogP contribution in [0.25, 0.3) is 0 Å². The van der Waals surface area contributed by atoms with Gasteiger partial charge in [-0.25, -0.2) is 17.5 Å². The molecule has 0 atom stereocenters. The molecule has 18 heavy (non-hydrogen) atoms. The second kappa shape index (κ2) is 5.07. The molecule has 1 rings (SSSR count). The minimum Gasteiger partial charge on any atom is -0.478 e. The number of hydrogen-bond acceptors (Lipinski definition) is 3. The molecule has 1 aromatic carbocycles. The maximum Gasteiger partial charge on any atom is 0.335 e. The van der Waals surface area contributed by atoms with Crippen LogP contribution < -0.4 is 0 Å². The maximum absolute atomic E-state index is 12.2. The second-order valence-corrected chi connectivity index (χ2v) is 6.62. The molecule has 0 fully saturated rings. The minimum absolute atomic E-state index is 0.00225. The van der Waals surface area contributed by atoms with Gasteiger partial charge in [-0.15, -0.1) is 0 Å². The zero-order valence-corrected chi connectivity index (χ0v) is 11.7. The summed E-state index contributed by atoms with van der Waals surface area (Å²) in [4.78, 5) is 11.0. The van der Waals surface area contributed by atoms with Gasteiger partial charge < -0.3 is 5.11 Å². The van der Waals surface area contributed by atoms with E-state index in [4.69, 9.17) is 5.11 Å². The summed E-state index contributed by atoms with van der Waals surface area (Å²) in [5, 5.41) is 8.93. The van der Waals surface area contributed by atoms with Crippen LogP contribution in [0.4, 0.5) is 0 Å². The van der Waals surface area contributed by atoms with E-state index in [-0.39, 0.29) is 16.4 Å². The third kappa shape index (κ3) is 2.70. The Morgan fingerprint density at radius 3 is 2.22 bits per heavy atom. The summed E-state index contributed by atoms with van der Waals surface area (Å²) in [6, 6.07) is 4.20. The van der Waals surface area contributed by atoms with Crippen molar-refractivity contribution in [3.05, 3.63) is 29.3 Å². The fourth-order valence-corrected chi connectivity index (χ4v) is 2.84. The molecule has 0 aliphatic carbocycles. The highest BCUT2D eigenvalue weighted by atomic mass is 32.2. The van der Waals surface area contributed by atoms with Crippen molar-refractivity contribution in [2.45, 2.75) is 24.7 Å². The van der Waals surface area contributed by atoms with E-state index >= 15 is 0 Å². The number of aromatic carboxylic acids is 1. The van der Waals surface area contributed by atoms with Crippen molar-refractivity contribution in [1.29, 1.82) is 0 Å². The van der Waals surface area contributed by atoms with E-state index in [0.717, 1.165) is 4.31 Å². The van der Waals surface area contributed by atoms with E-state index < -0.39 is 16.0 Å². The lowest BCUT2D eigenvalue weighted by Gasteiger charge is -2.17. The monoisotopic (exact) mass is 271 g/mol. The van der Waals surface area contributed by atoms with Crippen LogP contribution in [-0.2, 0) is 10.0 Å². The number of nitrogens with zero attached hydrogens (tertiary/aromatic N) is 1. The van der Waals surface area contributed by atoms with Crippen LogP contribution in [0.1, 0.15) is 35.7 Å². The van der Waals surface area contributed by atoms with Crippen molar-refractivity contribution in [3.8, 4) is 0 Å². The number of carboxylic acids is 1. The third-order valence-corrected chi connectivity index (χ3v) is 4.51. The summed E-state index contributed by atoms with van der Waals surface area (Å²) in [5.74, 6) is -1.14. The molecule has 1 aromatic rings. The largest absolute Gasteiger partial charge is 0.478 e. The van der Waals surface area contributed by atoms with Gasteiger partial charge in [-0.05, 0) is 23.6 Å². The zero-order chi connectivity index (χ0) is 14.1. The summed E-state index contributed by atoms with van der Waals surface area (Å²) in [6.45, 7) is 3.73. The smallest absolute Gasteiger partial charge is 0.335 e. The lowest BCUT2D eigenvalue weighted by molar-refractivity contribution is 0.0696. The van der Waals surface area contributed by atoms with Crippen LogP contribution in [0, 0.1) is 0 Å². The standard InChI is InChI=1S/C12H17NO4S/c1-8(2)10-6-5-9(12(14)15)7-11(10)18(16,17)13(3)4/h5-8H,1-4H3,(H,14,15). The molecule has 5 nitrogen and oxygen atoms in total. The normalized spacial score (nSPS) is 12.1. The van der Waals surface area contributed by atoms with Gasteiger partial charge >= 0.3 is 5.97 Å². The van der Waals surface area contributed by atoms with Crippen molar-refractivity contribution in [2.75, 3.05) is 14.1 Å². The number of carbonyl (C=O) groups is 1.